The Labute approximate surface area is 770 Å². The van der Waals surface area contributed by atoms with E-state index in [4.69, 9.17) is 41.3 Å². The van der Waals surface area contributed by atoms with Crippen molar-refractivity contribution in [3.63, 3.8) is 0 Å². The average molecular weight is 1820 g/mol. The number of aliphatic carboxylic acids is 1. The molecule has 0 bridgehead atoms. The summed E-state index contributed by atoms with van der Waals surface area (Å²) >= 11 is 6.47. The largest absolute Gasteiger partial charge is 1.00 e. The number of carboxylic acids is 1. The van der Waals surface area contributed by atoms with Crippen molar-refractivity contribution in [2.45, 2.75) is 209 Å². The fourth-order valence-corrected chi connectivity index (χ4v) is 12.4. The van der Waals surface area contributed by atoms with Crippen LogP contribution in [0.3, 0.4) is 0 Å². The molecular weight excluding hydrogens is 1690 g/mol. The molecule has 0 aliphatic heterocycles. The van der Waals surface area contributed by atoms with Gasteiger partial charge < -0.3 is 61.9 Å². The number of ether oxygens (including phenoxy) is 3. The first-order chi connectivity index (χ1) is 58.0. The number of fused-ring (bicyclic) bond motifs is 2. The van der Waals surface area contributed by atoms with Crippen LogP contribution in [0.25, 0.3) is 0 Å². The third kappa shape index (κ3) is 50.3. The molecule has 0 saturated heterocycles. The summed E-state index contributed by atoms with van der Waals surface area (Å²) in [4.78, 5) is 69.3. The number of benzene rings is 10. The van der Waals surface area contributed by atoms with Crippen molar-refractivity contribution < 1.29 is 103 Å². The molecule has 7 atom stereocenters. The van der Waals surface area contributed by atoms with E-state index in [1.165, 1.54) is 68.1 Å². The molecule has 2 aliphatic rings. The predicted octanol–water partition coefficient (Wildman–Crippen LogP) is 15.7. The van der Waals surface area contributed by atoms with Crippen LogP contribution < -0.4 is 71.4 Å². The average Bonchev–Trinajstić information content (AvgIpc) is 1.70. The third-order valence-electron chi connectivity index (χ3n) is 18.0. The van der Waals surface area contributed by atoms with Crippen LogP contribution >= 0.6 is 31.9 Å². The maximum atomic E-state index is 11.7. The summed E-state index contributed by atoms with van der Waals surface area (Å²) in [7, 11) is 0. The second-order valence-electron chi connectivity index (χ2n) is 29.2. The van der Waals surface area contributed by atoms with Crippen molar-refractivity contribution in [3.05, 3.63) is 338 Å². The number of aliphatic hydroxyl groups is 3. The van der Waals surface area contributed by atoms with Gasteiger partial charge in [0.25, 0.3) is 0 Å². The minimum atomic E-state index is -1.08. The molecule has 10 aromatic carbocycles. The van der Waals surface area contributed by atoms with Gasteiger partial charge in [0, 0.05) is 81.7 Å². The Kier molecular flexibility index (Phi) is 60.2. The van der Waals surface area contributed by atoms with E-state index in [9.17, 15) is 39.3 Å². The molecule has 10 aromatic rings. The zero-order chi connectivity index (χ0) is 89.3. The minimum absolute atomic E-state index is 0. The molecule has 12 rings (SSSR count). The zero-order valence-electron chi connectivity index (χ0n) is 73.5. The van der Waals surface area contributed by atoms with Crippen LogP contribution in [0.15, 0.2) is 255 Å². The molecule has 0 aromatic heterocycles. The Morgan fingerprint density at radius 2 is 0.854 bits per heavy atom. The minimum Gasteiger partial charge on any atom is -0.550 e. The fourth-order valence-electron chi connectivity index (χ4n) is 11.7. The maximum Gasteiger partial charge on any atom is 1.00 e. The fraction of sp³-hybridized carbons (Fsp3) is 0.340. The number of nitrogens with one attached hydrogen (secondary N) is 1. The van der Waals surface area contributed by atoms with Crippen LogP contribution in [0.4, 0.5) is 0 Å². The number of aliphatic hydroxyl groups excluding tert-OH is 3. The second kappa shape index (κ2) is 66.3. The van der Waals surface area contributed by atoms with Crippen molar-refractivity contribution in [2.24, 2.45) is 17.2 Å². The van der Waals surface area contributed by atoms with Gasteiger partial charge in [-0.2, -0.15) is 0 Å². The number of rotatable bonds is 26. The van der Waals surface area contributed by atoms with Gasteiger partial charge in [0.1, 0.15) is 43.4 Å². The number of nitrogens with two attached hydrogens (primary N) is 3. The zero-order valence-corrected chi connectivity index (χ0v) is 78.7. The molecule has 10 N–H and O–H groups in total. The Bertz CT molecular complexity index is 4490. The first-order valence-corrected chi connectivity index (χ1v) is 43.0. The molecule has 19 nitrogen and oxygen atoms in total. The molecule has 2 aliphatic carbocycles. The first kappa shape index (κ1) is 112. The van der Waals surface area contributed by atoms with Crippen molar-refractivity contribution in [1.29, 1.82) is 0 Å². The summed E-state index contributed by atoms with van der Waals surface area (Å²) in [5.74, 6) is 0.0213. The molecule has 23 heteroatoms. The number of aldehydes is 1. The third-order valence-corrected chi connectivity index (χ3v) is 19.2. The molecule has 0 fully saturated rings. The van der Waals surface area contributed by atoms with Gasteiger partial charge in [-0.3, -0.25) is 14.4 Å². The smallest absolute Gasteiger partial charge is 0.550 e. The van der Waals surface area contributed by atoms with Gasteiger partial charge >= 0.3 is 41.5 Å². The number of carbonyl (C=O) groups is 6. The summed E-state index contributed by atoms with van der Waals surface area (Å²) in [5.41, 5.74) is 32.4. The van der Waals surface area contributed by atoms with E-state index in [1.54, 1.807) is 31.2 Å². The number of hydrogen-bond donors (Lipinski definition) is 7. The summed E-state index contributed by atoms with van der Waals surface area (Å²) in [5, 5.41) is 41.9. The quantitative estimate of drug-likeness (QED) is 0.00504. The SMILES string of the molecule is CC(=O)OOC(C)=O.CC(=O)[O-].CC(=O)c1cc(C)cc(OCc2ccccc2)c1.CCCCCC(C)N.CCCCCC(C)NCc1ccccc1.Cc1cc(OCc2ccccc2)cc(C(=O)CBr)c1.Cc1cc(OCc2ccccc2)cc(C(O)CBr)c1.N[C@@H]1c2ccccc2C[C@@H]1O.N[C@H]1c2ccccc2C[C@H]1O.O=Cc1ccccc1.[B].[Na+]. The molecular formula is C100H125BBr2N4NaO15. The van der Waals surface area contributed by atoms with Crippen molar-refractivity contribution in [1.82, 2.24) is 5.32 Å². The van der Waals surface area contributed by atoms with Gasteiger partial charge in [0.05, 0.1) is 35.7 Å². The van der Waals surface area contributed by atoms with Crippen LogP contribution in [0.5, 0.6) is 17.2 Å². The number of Topliss-reactive ketones (excluding diaryl/α,β-unsaturated/α-hetero) is 2. The van der Waals surface area contributed by atoms with Crippen molar-refractivity contribution >= 4 is 76.0 Å². The topological polar surface area (TPSA) is 322 Å². The molecule has 0 spiro atoms. The summed E-state index contributed by atoms with van der Waals surface area (Å²) in [6.45, 7) is 22.1. The van der Waals surface area contributed by atoms with E-state index in [0.29, 0.717) is 66.5 Å². The van der Waals surface area contributed by atoms with E-state index < -0.39 is 24.0 Å². The number of aryl methyl sites for hydroxylation is 3. The van der Waals surface area contributed by atoms with Crippen LogP contribution in [-0.2, 0) is 63.4 Å². The van der Waals surface area contributed by atoms with Gasteiger partial charge in [0.15, 0.2) is 11.6 Å². The van der Waals surface area contributed by atoms with Gasteiger partial charge in [0.2, 0.25) is 0 Å². The van der Waals surface area contributed by atoms with Crippen LogP contribution in [0.1, 0.15) is 223 Å². The van der Waals surface area contributed by atoms with Crippen LogP contribution in [0, 0.1) is 20.8 Å². The van der Waals surface area contributed by atoms with Crippen LogP contribution in [0.2, 0.25) is 0 Å². The Morgan fingerprint density at radius 3 is 1.20 bits per heavy atom. The molecule has 653 valence electrons. The van der Waals surface area contributed by atoms with Crippen molar-refractivity contribution in [3.8, 4) is 17.2 Å². The molecule has 0 saturated carbocycles. The normalized spacial score (nSPS) is 13.7. The Morgan fingerprint density at radius 1 is 0.504 bits per heavy atom. The molecule has 3 unspecified atom stereocenters. The summed E-state index contributed by atoms with van der Waals surface area (Å²) in [6, 6.07) is 83.3. The maximum absolute atomic E-state index is 11.7. The Balaban J connectivity index is 0.000000698. The second-order valence-corrected chi connectivity index (χ2v) is 30.4. The number of hydrogen-bond acceptors (Lipinski definition) is 19. The molecule has 123 heavy (non-hydrogen) atoms. The standard InChI is InChI=1S/C16H17BrO2.C16H15BrO2.C16H16O2.C14H23N.2C9H11NO.C7H17N.C7H6O.C4H6O4.C2H4O2.B.Na/c2*1-12-7-14(16(18)10-17)9-15(8-12)19-11-13-5-3-2-4-6-13;1-12-8-15(13(2)17)10-16(9-12)18-11-14-6-4-3-5-7-14;1-3-4-6-9-13(2)15-12-14-10-7-5-8-11-14;2*10-9-7-4-2-1-3-6(7)5-8(9)11;1-3-4-5-6-7(2)8;8-6-7-4-2-1-3-5-7;1-3(5)7-8-4(2)6;1-2(3)4;;/h2-9,16,18H,10-11H2,1H3;2-9H,10-11H2,1H3;3-10H,11H2,1-2H3;5,7-8,10-11,13,15H,3-4,6,9,12H2,1-2H3;2*1-4,8-9,11H,5,10H2;7H,3-6,8H2,1-2H3;1-6H;1-2H3;1H3,(H,3,4);;/q;;;;;;;;;;;+1/p-1/t;;;;2*8-,9+;;;;;;/m....10....../s1. The number of alkyl halides is 2. The van der Waals surface area contributed by atoms with Gasteiger partial charge in [-0.25, -0.2) is 19.4 Å². The summed E-state index contributed by atoms with van der Waals surface area (Å²) in [6.07, 6.45) is 11.4. The molecule has 0 amide bonds. The van der Waals surface area contributed by atoms with Gasteiger partial charge in [-0.1, -0.05) is 290 Å². The van der Waals surface area contributed by atoms with E-state index >= 15 is 0 Å². The van der Waals surface area contributed by atoms with Gasteiger partial charge in [-0.15, -0.1) is 0 Å². The number of unbranched alkanes of at least 4 members (excludes halogenated alkanes) is 4. The van der Waals surface area contributed by atoms with E-state index in [1.807, 2.05) is 221 Å². The van der Waals surface area contributed by atoms with Crippen LogP contribution in [-0.4, -0.2) is 94.4 Å². The monoisotopic (exact) mass is 1810 g/mol. The number of carboxylic acid groups (broad SMARTS) is 1. The summed E-state index contributed by atoms with van der Waals surface area (Å²) < 4.78 is 17.2. The Hall–Kier alpha value is -9.24. The van der Waals surface area contributed by atoms with E-state index in [-0.39, 0.29) is 73.8 Å². The van der Waals surface area contributed by atoms with E-state index in [0.717, 1.165) is 106 Å². The van der Waals surface area contributed by atoms with Gasteiger partial charge in [-0.05, 0) is 177 Å². The molecule has 3 radical (unpaired) electrons. The molecule has 0 heterocycles. The number of ketones is 2. The van der Waals surface area contributed by atoms with E-state index in [2.05, 4.69) is 105 Å². The van der Waals surface area contributed by atoms with Crippen molar-refractivity contribution in [2.75, 3.05) is 10.7 Å². The predicted molar refractivity (Wildman–Crippen MR) is 495 cm³/mol. The number of halogens is 2. The first-order valence-electron chi connectivity index (χ1n) is 40.8. The number of carbonyl (C=O) groups excluding carboxylic acids is 6.